The summed E-state index contributed by atoms with van der Waals surface area (Å²) in [5, 5.41) is 8.27. The maximum absolute atomic E-state index is 8.27. The Bertz CT molecular complexity index is 323. The number of benzene rings is 1. The fourth-order valence-electron chi connectivity index (χ4n) is 0.903. The van der Waals surface area contributed by atoms with Crippen LogP contribution in [0.15, 0.2) is 36.4 Å². The van der Waals surface area contributed by atoms with Gasteiger partial charge in [0.15, 0.2) is 0 Å². The molecule has 0 heterocycles. The topological polar surface area (TPSA) is 23.8 Å². The summed E-state index contributed by atoms with van der Waals surface area (Å²) in [6.45, 7) is 0. The Morgan fingerprint density at radius 1 is 1.42 bits per heavy atom. The van der Waals surface area contributed by atoms with Gasteiger partial charge in [0, 0.05) is 9.65 Å². The summed E-state index contributed by atoms with van der Waals surface area (Å²) in [5.41, 5.74) is 1.27. The standard InChI is InChI=1S/C10H8IN/c11-10-7-2-1-5-9(10)6-3-4-8-12/h1-5,7H,6H2/b4-3-. The first kappa shape index (κ1) is 9.27. The van der Waals surface area contributed by atoms with Crippen LogP contribution in [0.4, 0.5) is 0 Å². The highest BCUT2D eigenvalue weighted by molar-refractivity contribution is 14.1. The molecule has 0 amide bonds. The second-order valence-corrected chi connectivity index (χ2v) is 3.49. The molecule has 0 aliphatic rings. The lowest BCUT2D eigenvalue weighted by Gasteiger charge is -1.98. The van der Waals surface area contributed by atoms with E-state index in [2.05, 4.69) is 34.7 Å². The molecule has 60 valence electrons. The van der Waals surface area contributed by atoms with Crippen molar-refractivity contribution in [1.29, 1.82) is 5.26 Å². The molecule has 0 aliphatic carbocycles. The smallest absolute Gasteiger partial charge is 0.0908 e. The fourth-order valence-corrected chi connectivity index (χ4v) is 1.51. The van der Waals surface area contributed by atoms with Crippen LogP contribution in [0.3, 0.4) is 0 Å². The monoisotopic (exact) mass is 269 g/mol. The predicted octanol–water partition coefficient (Wildman–Crippen LogP) is 2.91. The molecular weight excluding hydrogens is 261 g/mol. The van der Waals surface area contributed by atoms with Gasteiger partial charge in [-0.1, -0.05) is 24.3 Å². The van der Waals surface area contributed by atoms with Crippen LogP contribution >= 0.6 is 22.6 Å². The molecule has 0 fully saturated rings. The second kappa shape index (κ2) is 4.94. The Hall–Kier alpha value is -0.820. The summed E-state index contributed by atoms with van der Waals surface area (Å²) < 4.78 is 1.25. The van der Waals surface area contributed by atoms with Crippen LogP contribution in [0, 0.1) is 14.9 Å². The van der Waals surface area contributed by atoms with Gasteiger partial charge in [-0.3, -0.25) is 0 Å². The van der Waals surface area contributed by atoms with Gasteiger partial charge >= 0.3 is 0 Å². The Kier molecular flexibility index (Phi) is 3.81. The summed E-state index contributed by atoms with van der Waals surface area (Å²) >= 11 is 2.30. The minimum Gasteiger partial charge on any atom is -0.193 e. The third-order valence-electron chi connectivity index (χ3n) is 1.49. The predicted molar refractivity (Wildman–Crippen MR) is 57.6 cm³/mol. The van der Waals surface area contributed by atoms with Crippen molar-refractivity contribution >= 4 is 22.6 Å². The van der Waals surface area contributed by atoms with Crippen molar-refractivity contribution in [3.63, 3.8) is 0 Å². The van der Waals surface area contributed by atoms with Crippen molar-refractivity contribution in [2.75, 3.05) is 0 Å². The molecule has 0 aliphatic heterocycles. The molecule has 0 saturated heterocycles. The van der Waals surface area contributed by atoms with Crippen LogP contribution in [0.25, 0.3) is 0 Å². The SMILES string of the molecule is N#C/C=C\Cc1ccccc1I. The summed E-state index contributed by atoms with van der Waals surface area (Å²) in [4.78, 5) is 0. The maximum Gasteiger partial charge on any atom is 0.0908 e. The number of allylic oxidation sites excluding steroid dienone is 2. The minimum atomic E-state index is 0.840. The van der Waals surface area contributed by atoms with E-state index in [0.717, 1.165) is 6.42 Å². The number of hydrogen-bond donors (Lipinski definition) is 0. The molecule has 0 N–H and O–H groups in total. The van der Waals surface area contributed by atoms with Crippen LogP contribution in [0.1, 0.15) is 5.56 Å². The van der Waals surface area contributed by atoms with Gasteiger partial charge in [0.05, 0.1) is 6.07 Å². The first-order chi connectivity index (χ1) is 5.84. The van der Waals surface area contributed by atoms with E-state index in [1.807, 2.05) is 24.3 Å². The zero-order valence-corrected chi connectivity index (χ0v) is 8.65. The van der Waals surface area contributed by atoms with Gasteiger partial charge in [-0.15, -0.1) is 0 Å². The van der Waals surface area contributed by atoms with Crippen LogP contribution < -0.4 is 0 Å². The average Bonchev–Trinajstić information content (AvgIpc) is 2.09. The van der Waals surface area contributed by atoms with Crippen molar-refractivity contribution in [2.24, 2.45) is 0 Å². The van der Waals surface area contributed by atoms with E-state index in [0.29, 0.717) is 0 Å². The molecule has 1 aromatic rings. The van der Waals surface area contributed by atoms with E-state index < -0.39 is 0 Å². The highest BCUT2D eigenvalue weighted by Crippen LogP contribution is 2.11. The highest BCUT2D eigenvalue weighted by atomic mass is 127. The maximum atomic E-state index is 8.27. The second-order valence-electron chi connectivity index (χ2n) is 2.33. The van der Waals surface area contributed by atoms with E-state index >= 15 is 0 Å². The Morgan fingerprint density at radius 2 is 2.17 bits per heavy atom. The number of halogens is 1. The van der Waals surface area contributed by atoms with Crippen molar-refractivity contribution in [3.8, 4) is 6.07 Å². The van der Waals surface area contributed by atoms with E-state index in [1.54, 1.807) is 0 Å². The lowest BCUT2D eigenvalue weighted by molar-refractivity contribution is 1.25. The summed E-state index contributed by atoms with van der Waals surface area (Å²) in [7, 11) is 0. The highest BCUT2D eigenvalue weighted by Gasteiger charge is 1.93. The van der Waals surface area contributed by atoms with Crippen molar-refractivity contribution < 1.29 is 0 Å². The minimum absolute atomic E-state index is 0.840. The van der Waals surface area contributed by atoms with Crippen LogP contribution in [0.2, 0.25) is 0 Å². The number of rotatable bonds is 2. The zero-order valence-electron chi connectivity index (χ0n) is 6.50. The average molecular weight is 269 g/mol. The molecular formula is C10H8IN. The van der Waals surface area contributed by atoms with E-state index in [1.165, 1.54) is 15.2 Å². The largest absolute Gasteiger partial charge is 0.193 e. The third-order valence-corrected chi connectivity index (χ3v) is 2.54. The lowest BCUT2D eigenvalue weighted by atomic mass is 10.1. The fraction of sp³-hybridized carbons (Fsp3) is 0.100. The molecule has 2 heteroatoms. The molecule has 0 radical (unpaired) electrons. The van der Waals surface area contributed by atoms with Gasteiger partial charge in [0.25, 0.3) is 0 Å². The molecule has 1 aromatic carbocycles. The first-order valence-electron chi connectivity index (χ1n) is 3.62. The van der Waals surface area contributed by atoms with Gasteiger partial charge in [0.2, 0.25) is 0 Å². The first-order valence-corrected chi connectivity index (χ1v) is 4.70. The molecule has 1 nitrogen and oxygen atoms in total. The van der Waals surface area contributed by atoms with Crippen molar-refractivity contribution in [3.05, 3.63) is 45.6 Å². The van der Waals surface area contributed by atoms with E-state index in [4.69, 9.17) is 5.26 Å². The summed E-state index contributed by atoms with van der Waals surface area (Å²) in [6, 6.07) is 10.1. The Balaban J connectivity index is 2.71. The Morgan fingerprint density at radius 3 is 2.83 bits per heavy atom. The number of nitrogens with zero attached hydrogens (tertiary/aromatic N) is 1. The molecule has 0 saturated carbocycles. The van der Waals surface area contributed by atoms with Gasteiger partial charge in [-0.25, -0.2) is 0 Å². The normalized spacial score (nSPS) is 10.0. The number of hydrogen-bond acceptors (Lipinski definition) is 1. The third kappa shape index (κ3) is 2.67. The van der Waals surface area contributed by atoms with E-state index in [9.17, 15) is 0 Å². The van der Waals surface area contributed by atoms with Crippen LogP contribution in [-0.4, -0.2) is 0 Å². The van der Waals surface area contributed by atoms with Crippen molar-refractivity contribution in [1.82, 2.24) is 0 Å². The summed E-state index contributed by atoms with van der Waals surface area (Å²) in [6.07, 6.45) is 4.23. The van der Waals surface area contributed by atoms with Gasteiger partial charge in [-0.2, -0.15) is 5.26 Å². The number of nitriles is 1. The van der Waals surface area contributed by atoms with Gasteiger partial charge in [-0.05, 0) is 40.6 Å². The van der Waals surface area contributed by atoms with Crippen LogP contribution in [0.5, 0.6) is 0 Å². The summed E-state index contributed by atoms with van der Waals surface area (Å²) in [5.74, 6) is 0. The quantitative estimate of drug-likeness (QED) is 0.598. The molecule has 0 aromatic heterocycles. The molecule has 12 heavy (non-hydrogen) atoms. The molecule has 0 atom stereocenters. The molecule has 0 bridgehead atoms. The zero-order chi connectivity index (χ0) is 8.81. The van der Waals surface area contributed by atoms with E-state index in [-0.39, 0.29) is 0 Å². The van der Waals surface area contributed by atoms with Gasteiger partial charge < -0.3 is 0 Å². The lowest BCUT2D eigenvalue weighted by Crippen LogP contribution is -1.84. The molecule has 1 rings (SSSR count). The van der Waals surface area contributed by atoms with Crippen molar-refractivity contribution in [2.45, 2.75) is 6.42 Å². The van der Waals surface area contributed by atoms with Gasteiger partial charge in [0.1, 0.15) is 0 Å². The van der Waals surface area contributed by atoms with Crippen LogP contribution in [-0.2, 0) is 6.42 Å². The Labute approximate surface area is 85.9 Å². The molecule has 0 spiro atoms. The molecule has 0 unspecified atom stereocenters.